The van der Waals surface area contributed by atoms with Gasteiger partial charge in [0.2, 0.25) is 0 Å². The van der Waals surface area contributed by atoms with Gasteiger partial charge in [-0.3, -0.25) is 0 Å². The zero-order chi connectivity index (χ0) is 10.5. The Morgan fingerprint density at radius 1 is 0.923 bits per heavy atom. The largest absolute Gasteiger partial charge is 0.399 e. The second-order valence-corrected chi connectivity index (χ2v) is 4.67. The van der Waals surface area contributed by atoms with Crippen molar-refractivity contribution in [1.29, 1.82) is 0 Å². The highest BCUT2D eigenvalue weighted by atomic mass is 14.6. The Morgan fingerprint density at radius 3 is 1.38 bits per heavy atom. The van der Waals surface area contributed by atoms with E-state index in [2.05, 4.69) is 27.7 Å². The van der Waals surface area contributed by atoms with Gasteiger partial charge in [0, 0.05) is 11.4 Å². The first kappa shape index (κ1) is 11.8. The monoisotopic (exact) mass is 180 g/mol. The van der Waals surface area contributed by atoms with E-state index < -0.39 is 0 Å². The molecular formula is C11H20N2. The van der Waals surface area contributed by atoms with Crippen molar-refractivity contribution in [1.82, 2.24) is 0 Å². The number of hydrogen-bond donors (Lipinski definition) is 2. The molecule has 0 radical (unpaired) electrons. The quantitative estimate of drug-likeness (QED) is 0.603. The van der Waals surface area contributed by atoms with Crippen molar-refractivity contribution in [3.05, 3.63) is 24.3 Å². The first-order valence-electron chi connectivity index (χ1n) is 4.40. The van der Waals surface area contributed by atoms with Gasteiger partial charge in [-0.25, -0.2) is 0 Å². The van der Waals surface area contributed by atoms with Crippen molar-refractivity contribution in [3.8, 4) is 0 Å². The Morgan fingerprint density at radius 2 is 1.23 bits per heavy atom. The van der Waals surface area contributed by atoms with Crippen LogP contribution in [0.15, 0.2) is 24.3 Å². The van der Waals surface area contributed by atoms with Gasteiger partial charge < -0.3 is 11.5 Å². The summed E-state index contributed by atoms with van der Waals surface area (Å²) in [5.74, 6) is 0. The van der Waals surface area contributed by atoms with E-state index >= 15 is 0 Å². The van der Waals surface area contributed by atoms with Gasteiger partial charge in [-0.05, 0) is 23.6 Å². The molecule has 0 aliphatic rings. The maximum Gasteiger partial charge on any atom is 0.0334 e. The lowest BCUT2D eigenvalue weighted by molar-refractivity contribution is 0.469. The SMILES string of the molecule is CC(C)(C)C.Nc1cccc(N)c1. The molecule has 0 aliphatic carbocycles. The first-order chi connectivity index (χ1) is 5.79. The Hall–Kier alpha value is -1.18. The van der Waals surface area contributed by atoms with Crippen molar-refractivity contribution < 1.29 is 0 Å². The van der Waals surface area contributed by atoms with Crippen LogP contribution in [0.4, 0.5) is 11.4 Å². The van der Waals surface area contributed by atoms with Crippen LogP contribution in [0.1, 0.15) is 27.7 Å². The van der Waals surface area contributed by atoms with Gasteiger partial charge in [-0.15, -0.1) is 0 Å². The van der Waals surface area contributed by atoms with Gasteiger partial charge in [0.15, 0.2) is 0 Å². The van der Waals surface area contributed by atoms with Crippen molar-refractivity contribution in [2.75, 3.05) is 11.5 Å². The lowest BCUT2D eigenvalue weighted by atomic mass is 10.0. The summed E-state index contributed by atoms with van der Waals surface area (Å²) >= 11 is 0. The number of hydrogen-bond acceptors (Lipinski definition) is 2. The van der Waals surface area contributed by atoms with E-state index in [0.717, 1.165) is 0 Å². The molecule has 4 N–H and O–H groups in total. The third-order valence-electron chi connectivity index (χ3n) is 0.911. The van der Waals surface area contributed by atoms with Crippen LogP contribution in [0.5, 0.6) is 0 Å². The Labute approximate surface area is 80.9 Å². The molecule has 0 heterocycles. The summed E-state index contributed by atoms with van der Waals surface area (Å²) in [5.41, 5.74) is 12.7. The molecule has 0 spiro atoms. The topological polar surface area (TPSA) is 52.0 Å². The first-order valence-corrected chi connectivity index (χ1v) is 4.40. The van der Waals surface area contributed by atoms with Crippen LogP contribution in [0.3, 0.4) is 0 Å². The van der Waals surface area contributed by atoms with E-state index in [1.807, 2.05) is 6.07 Å². The zero-order valence-corrected chi connectivity index (χ0v) is 8.96. The molecule has 0 bridgehead atoms. The lowest BCUT2D eigenvalue weighted by Crippen LogP contribution is -1.93. The summed E-state index contributed by atoms with van der Waals surface area (Å²) in [4.78, 5) is 0. The predicted molar refractivity (Wildman–Crippen MR) is 60.4 cm³/mol. The molecule has 0 amide bonds. The van der Waals surface area contributed by atoms with Gasteiger partial charge in [-0.1, -0.05) is 33.8 Å². The standard InChI is InChI=1S/C6H8N2.C5H12/c7-5-2-1-3-6(8)4-5;1-5(2,3)4/h1-4H,7-8H2;1-4H3. The van der Waals surface area contributed by atoms with E-state index in [4.69, 9.17) is 11.5 Å². The van der Waals surface area contributed by atoms with E-state index in [9.17, 15) is 0 Å². The van der Waals surface area contributed by atoms with Gasteiger partial charge in [0.1, 0.15) is 0 Å². The summed E-state index contributed by atoms with van der Waals surface area (Å²) in [5, 5.41) is 0. The predicted octanol–water partition coefficient (Wildman–Crippen LogP) is 2.90. The normalized spacial score (nSPS) is 10.2. The fraction of sp³-hybridized carbons (Fsp3) is 0.455. The fourth-order valence-corrected chi connectivity index (χ4v) is 0.559. The van der Waals surface area contributed by atoms with E-state index in [0.29, 0.717) is 16.8 Å². The minimum Gasteiger partial charge on any atom is -0.399 e. The highest BCUT2D eigenvalue weighted by molar-refractivity contribution is 5.50. The van der Waals surface area contributed by atoms with Crippen molar-refractivity contribution >= 4 is 11.4 Å². The molecule has 1 aromatic rings. The number of rotatable bonds is 0. The third kappa shape index (κ3) is 10.8. The van der Waals surface area contributed by atoms with Crippen LogP contribution in [-0.4, -0.2) is 0 Å². The Bertz CT molecular complexity index is 225. The van der Waals surface area contributed by atoms with Crippen molar-refractivity contribution in [3.63, 3.8) is 0 Å². The molecule has 0 unspecified atom stereocenters. The minimum atomic E-state index is 0.500. The van der Waals surface area contributed by atoms with E-state index in [-0.39, 0.29) is 0 Å². The summed E-state index contributed by atoms with van der Waals surface area (Å²) in [7, 11) is 0. The molecule has 1 rings (SSSR count). The molecule has 0 fully saturated rings. The second-order valence-electron chi connectivity index (χ2n) is 4.67. The van der Waals surface area contributed by atoms with Crippen LogP contribution in [-0.2, 0) is 0 Å². The molecule has 0 aromatic heterocycles. The molecular weight excluding hydrogens is 160 g/mol. The Balaban J connectivity index is 0.000000252. The number of nitrogens with two attached hydrogens (primary N) is 2. The molecule has 0 aliphatic heterocycles. The number of nitrogen functional groups attached to an aromatic ring is 2. The molecule has 2 heteroatoms. The van der Waals surface area contributed by atoms with Crippen LogP contribution < -0.4 is 11.5 Å². The smallest absolute Gasteiger partial charge is 0.0334 e. The molecule has 74 valence electrons. The van der Waals surface area contributed by atoms with Crippen LogP contribution in [0.25, 0.3) is 0 Å². The summed E-state index contributed by atoms with van der Waals surface area (Å²) in [6.45, 7) is 8.75. The minimum absolute atomic E-state index is 0.500. The van der Waals surface area contributed by atoms with Gasteiger partial charge >= 0.3 is 0 Å². The van der Waals surface area contributed by atoms with E-state index in [1.54, 1.807) is 18.2 Å². The molecule has 13 heavy (non-hydrogen) atoms. The molecule has 0 atom stereocenters. The molecule has 2 nitrogen and oxygen atoms in total. The third-order valence-corrected chi connectivity index (χ3v) is 0.911. The van der Waals surface area contributed by atoms with Crippen molar-refractivity contribution in [2.24, 2.45) is 5.41 Å². The fourth-order valence-electron chi connectivity index (χ4n) is 0.559. The van der Waals surface area contributed by atoms with Gasteiger partial charge in [0.05, 0.1) is 0 Å². The Kier molecular flexibility index (Phi) is 4.32. The van der Waals surface area contributed by atoms with Crippen molar-refractivity contribution in [2.45, 2.75) is 27.7 Å². The van der Waals surface area contributed by atoms with E-state index in [1.165, 1.54) is 0 Å². The highest BCUT2D eigenvalue weighted by Crippen LogP contribution is 2.08. The zero-order valence-electron chi connectivity index (χ0n) is 8.96. The summed E-state index contributed by atoms with van der Waals surface area (Å²) < 4.78 is 0. The maximum atomic E-state index is 5.38. The van der Waals surface area contributed by atoms with Crippen LogP contribution >= 0.6 is 0 Å². The van der Waals surface area contributed by atoms with Gasteiger partial charge in [0.25, 0.3) is 0 Å². The highest BCUT2D eigenvalue weighted by Gasteiger charge is 1.95. The second kappa shape index (κ2) is 4.75. The summed E-state index contributed by atoms with van der Waals surface area (Å²) in [6, 6.07) is 7.15. The maximum absolute atomic E-state index is 5.38. The summed E-state index contributed by atoms with van der Waals surface area (Å²) in [6.07, 6.45) is 0. The van der Waals surface area contributed by atoms with Crippen LogP contribution in [0, 0.1) is 5.41 Å². The molecule has 0 saturated heterocycles. The lowest BCUT2D eigenvalue weighted by Gasteiger charge is -2.05. The number of anilines is 2. The molecule has 1 aromatic carbocycles. The average molecular weight is 180 g/mol. The average Bonchev–Trinajstić information content (AvgIpc) is 1.81. The molecule has 0 saturated carbocycles. The van der Waals surface area contributed by atoms with Crippen LogP contribution in [0.2, 0.25) is 0 Å². The number of benzene rings is 1. The van der Waals surface area contributed by atoms with Gasteiger partial charge in [-0.2, -0.15) is 0 Å².